The number of aliphatic carboxylic acids is 1. The van der Waals surface area contributed by atoms with E-state index in [-0.39, 0.29) is 5.92 Å². The van der Waals surface area contributed by atoms with Crippen molar-refractivity contribution in [3.8, 4) is 0 Å². The zero-order valence-electron chi connectivity index (χ0n) is 14.5. The van der Waals surface area contributed by atoms with E-state index >= 15 is 0 Å². The van der Waals surface area contributed by atoms with Gasteiger partial charge in [-0.2, -0.15) is 0 Å². The fourth-order valence-electron chi connectivity index (χ4n) is 2.04. The van der Waals surface area contributed by atoms with Crippen LogP contribution >= 0.6 is 0 Å². The first-order chi connectivity index (χ1) is 11.1. The van der Waals surface area contributed by atoms with E-state index in [1.165, 1.54) is 6.92 Å². The lowest BCUT2D eigenvalue weighted by Crippen LogP contribution is -2.57. The third-order valence-corrected chi connectivity index (χ3v) is 3.32. The van der Waals surface area contributed by atoms with Crippen LogP contribution in [0.2, 0.25) is 0 Å². The van der Waals surface area contributed by atoms with Crippen LogP contribution in [0.4, 0.5) is 0 Å². The molecule has 0 bridgehead atoms. The number of carboxylic acids is 1. The van der Waals surface area contributed by atoms with Crippen LogP contribution in [-0.2, 0) is 19.2 Å². The Kier molecular flexibility index (Phi) is 9.63. The van der Waals surface area contributed by atoms with E-state index in [4.69, 9.17) is 10.2 Å². The lowest BCUT2D eigenvalue weighted by Gasteiger charge is -2.24. The molecule has 0 rings (SSSR count). The molecule has 9 nitrogen and oxygen atoms in total. The Labute approximate surface area is 141 Å². The summed E-state index contributed by atoms with van der Waals surface area (Å²) in [7, 11) is 0. The van der Waals surface area contributed by atoms with E-state index < -0.39 is 48.4 Å². The van der Waals surface area contributed by atoms with Crippen molar-refractivity contribution in [1.82, 2.24) is 16.0 Å². The monoisotopic (exact) mass is 345 g/mol. The van der Waals surface area contributed by atoms with Crippen LogP contribution in [0, 0.1) is 5.92 Å². The van der Waals surface area contributed by atoms with Gasteiger partial charge in [0.25, 0.3) is 0 Å². The summed E-state index contributed by atoms with van der Waals surface area (Å²) in [6.45, 7) is 5.71. The number of carbonyl (C=O) groups excluding carboxylic acids is 3. The normalized spacial score (nSPS) is 14.4. The van der Waals surface area contributed by atoms with Crippen LogP contribution in [0.25, 0.3) is 0 Å². The predicted molar refractivity (Wildman–Crippen MR) is 85.9 cm³/mol. The number of carbonyl (C=O) groups is 4. The molecule has 3 atom stereocenters. The molecule has 0 fully saturated rings. The lowest BCUT2D eigenvalue weighted by atomic mass is 10.0. The second-order valence-electron chi connectivity index (χ2n) is 5.85. The molecule has 0 aromatic rings. The van der Waals surface area contributed by atoms with E-state index in [9.17, 15) is 19.2 Å². The van der Waals surface area contributed by atoms with Gasteiger partial charge in [0.15, 0.2) is 0 Å². The summed E-state index contributed by atoms with van der Waals surface area (Å²) in [5.41, 5.74) is 0. The molecule has 0 unspecified atom stereocenters. The molecule has 0 aromatic heterocycles. The van der Waals surface area contributed by atoms with Crippen LogP contribution in [0.15, 0.2) is 0 Å². The predicted octanol–water partition coefficient (Wildman–Crippen LogP) is -1.01. The highest BCUT2D eigenvalue weighted by atomic mass is 16.4. The SMILES string of the molecule is CCC[C@H](NC(=O)[C@H](CO)NC(C)=O)C(=O)N[C@H](C(=O)O)C(C)C. The summed E-state index contributed by atoms with van der Waals surface area (Å²) in [4.78, 5) is 46.5. The Morgan fingerprint density at radius 1 is 0.958 bits per heavy atom. The number of hydrogen-bond acceptors (Lipinski definition) is 5. The Morgan fingerprint density at radius 3 is 1.88 bits per heavy atom. The molecule has 0 heterocycles. The standard InChI is InChI=1S/C15H27N3O6/c1-5-6-10(13(21)18-12(8(2)3)15(23)24)17-14(22)11(7-19)16-9(4)20/h8,10-12,19H,5-7H2,1-4H3,(H,16,20)(H,17,22)(H,18,21)(H,23,24)/t10-,11-,12-/m0/s1. The summed E-state index contributed by atoms with van der Waals surface area (Å²) in [5.74, 6) is -3.31. The maximum atomic E-state index is 12.3. The smallest absolute Gasteiger partial charge is 0.326 e. The highest BCUT2D eigenvalue weighted by Gasteiger charge is 2.29. The second-order valence-corrected chi connectivity index (χ2v) is 5.85. The summed E-state index contributed by atoms with van der Waals surface area (Å²) >= 11 is 0. The Bertz CT molecular complexity index is 466. The molecule has 9 heteroatoms. The van der Waals surface area contributed by atoms with Gasteiger partial charge in [-0.1, -0.05) is 27.2 Å². The van der Waals surface area contributed by atoms with Gasteiger partial charge >= 0.3 is 5.97 Å². The van der Waals surface area contributed by atoms with Gasteiger partial charge in [0, 0.05) is 6.92 Å². The molecule has 0 saturated heterocycles. The van der Waals surface area contributed by atoms with Crippen molar-refractivity contribution in [2.45, 2.75) is 58.7 Å². The van der Waals surface area contributed by atoms with E-state index in [0.29, 0.717) is 12.8 Å². The molecule has 0 spiro atoms. The molecule has 0 aromatic carbocycles. The Balaban J connectivity index is 5.00. The maximum Gasteiger partial charge on any atom is 0.326 e. The minimum Gasteiger partial charge on any atom is -0.480 e. The second kappa shape index (κ2) is 10.6. The van der Waals surface area contributed by atoms with E-state index in [2.05, 4.69) is 16.0 Å². The molecular weight excluding hydrogens is 318 g/mol. The Morgan fingerprint density at radius 2 is 1.50 bits per heavy atom. The molecule has 0 aliphatic heterocycles. The number of rotatable bonds is 10. The zero-order valence-corrected chi connectivity index (χ0v) is 14.5. The van der Waals surface area contributed by atoms with Crippen molar-refractivity contribution in [1.29, 1.82) is 0 Å². The van der Waals surface area contributed by atoms with Crippen molar-refractivity contribution in [2.24, 2.45) is 5.92 Å². The quantitative estimate of drug-likeness (QED) is 0.343. The average molecular weight is 345 g/mol. The van der Waals surface area contributed by atoms with E-state index in [0.717, 1.165) is 0 Å². The molecule has 24 heavy (non-hydrogen) atoms. The van der Waals surface area contributed by atoms with E-state index in [1.807, 2.05) is 0 Å². The van der Waals surface area contributed by atoms with Crippen LogP contribution in [-0.4, -0.2) is 58.6 Å². The molecule has 0 aliphatic rings. The first kappa shape index (κ1) is 21.8. The van der Waals surface area contributed by atoms with E-state index in [1.54, 1.807) is 20.8 Å². The summed E-state index contributed by atoms with van der Waals surface area (Å²) in [6, 6.07) is -3.20. The van der Waals surface area contributed by atoms with Crippen LogP contribution in [0.1, 0.15) is 40.5 Å². The van der Waals surface area contributed by atoms with Crippen molar-refractivity contribution < 1.29 is 29.4 Å². The third kappa shape index (κ3) is 7.40. The molecule has 0 radical (unpaired) electrons. The van der Waals surface area contributed by atoms with Gasteiger partial charge in [0.2, 0.25) is 17.7 Å². The van der Waals surface area contributed by atoms with Crippen molar-refractivity contribution in [3.05, 3.63) is 0 Å². The van der Waals surface area contributed by atoms with Gasteiger partial charge in [-0.15, -0.1) is 0 Å². The largest absolute Gasteiger partial charge is 0.480 e. The van der Waals surface area contributed by atoms with Gasteiger partial charge in [-0.3, -0.25) is 14.4 Å². The van der Waals surface area contributed by atoms with Gasteiger partial charge in [-0.25, -0.2) is 4.79 Å². The molecule has 0 saturated carbocycles. The summed E-state index contributed by atoms with van der Waals surface area (Å²) in [6.07, 6.45) is 0.863. The van der Waals surface area contributed by atoms with Gasteiger partial charge < -0.3 is 26.2 Å². The van der Waals surface area contributed by atoms with Crippen molar-refractivity contribution in [2.75, 3.05) is 6.61 Å². The summed E-state index contributed by atoms with van der Waals surface area (Å²) in [5, 5.41) is 25.4. The minimum atomic E-state index is -1.17. The number of amides is 3. The minimum absolute atomic E-state index is 0.292. The Hall–Kier alpha value is -2.16. The zero-order chi connectivity index (χ0) is 18.9. The summed E-state index contributed by atoms with van der Waals surface area (Å²) < 4.78 is 0. The van der Waals surface area contributed by atoms with Crippen LogP contribution in [0.5, 0.6) is 0 Å². The van der Waals surface area contributed by atoms with Gasteiger partial charge in [-0.05, 0) is 12.3 Å². The van der Waals surface area contributed by atoms with Crippen molar-refractivity contribution in [3.63, 3.8) is 0 Å². The highest BCUT2D eigenvalue weighted by Crippen LogP contribution is 2.05. The fraction of sp³-hybridized carbons (Fsp3) is 0.733. The lowest BCUT2D eigenvalue weighted by molar-refractivity contribution is -0.143. The van der Waals surface area contributed by atoms with Crippen molar-refractivity contribution >= 4 is 23.7 Å². The molecule has 3 amide bonds. The molecule has 5 N–H and O–H groups in total. The van der Waals surface area contributed by atoms with Crippen LogP contribution < -0.4 is 16.0 Å². The first-order valence-corrected chi connectivity index (χ1v) is 7.85. The molecular formula is C15H27N3O6. The average Bonchev–Trinajstić information content (AvgIpc) is 2.48. The number of nitrogens with one attached hydrogen (secondary N) is 3. The van der Waals surface area contributed by atoms with Gasteiger partial charge in [0.1, 0.15) is 18.1 Å². The number of aliphatic hydroxyl groups excluding tert-OH is 1. The van der Waals surface area contributed by atoms with Gasteiger partial charge in [0.05, 0.1) is 6.61 Å². The number of carboxylic acid groups (broad SMARTS) is 1. The maximum absolute atomic E-state index is 12.3. The number of aliphatic hydroxyl groups is 1. The molecule has 0 aliphatic carbocycles. The molecule has 138 valence electrons. The number of hydrogen-bond donors (Lipinski definition) is 5. The first-order valence-electron chi connectivity index (χ1n) is 7.85. The highest BCUT2D eigenvalue weighted by molar-refractivity contribution is 5.93. The topological polar surface area (TPSA) is 145 Å². The van der Waals surface area contributed by atoms with Crippen LogP contribution in [0.3, 0.4) is 0 Å². The fourth-order valence-corrected chi connectivity index (χ4v) is 2.04. The third-order valence-electron chi connectivity index (χ3n) is 3.32.